The van der Waals surface area contributed by atoms with E-state index in [1.165, 1.54) is 11.8 Å². The lowest BCUT2D eigenvalue weighted by molar-refractivity contribution is 0.978. The number of aromatic amines is 1. The van der Waals surface area contributed by atoms with Gasteiger partial charge in [0.25, 0.3) is 0 Å². The molecule has 0 radical (unpaired) electrons. The number of hydrogen-bond acceptors (Lipinski definition) is 4. The quantitative estimate of drug-likeness (QED) is 0.774. The number of rotatable bonds is 3. The van der Waals surface area contributed by atoms with Crippen LogP contribution in [0.1, 0.15) is 5.56 Å². The monoisotopic (exact) mass is 218 g/mol. The summed E-state index contributed by atoms with van der Waals surface area (Å²) in [5, 5.41) is 9.03. The number of nitrogen functional groups attached to an aromatic ring is 1. The van der Waals surface area contributed by atoms with Crippen molar-refractivity contribution in [3.8, 4) is 0 Å². The number of nitrogens with two attached hydrogens (primary N) is 1. The molecule has 0 saturated carbocycles. The minimum Gasteiger partial charge on any atom is -0.368 e. The summed E-state index contributed by atoms with van der Waals surface area (Å²) < 4.78 is 0. The summed E-state index contributed by atoms with van der Waals surface area (Å²) in [7, 11) is 0. The molecular weight excluding hydrogens is 208 g/mol. The second-order valence-corrected chi connectivity index (χ2v) is 3.71. The normalized spacial score (nSPS) is 10.9. The second kappa shape index (κ2) is 4.65. The molecule has 0 aliphatic carbocycles. The number of hydrogen-bond donors (Lipinski definition) is 2. The van der Waals surface area contributed by atoms with Crippen molar-refractivity contribution in [2.24, 2.45) is 0 Å². The Labute approximate surface area is 91.6 Å². The van der Waals surface area contributed by atoms with E-state index in [1.54, 1.807) is 0 Å². The maximum atomic E-state index is 5.39. The van der Waals surface area contributed by atoms with E-state index in [0.29, 0.717) is 11.1 Å². The van der Waals surface area contributed by atoms with Crippen molar-refractivity contribution >= 4 is 23.8 Å². The van der Waals surface area contributed by atoms with Gasteiger partial charge >= 0.3 is 0 Å². The number of nitrogens with one attached hydrogen (secondary N) is 1. The third-order valence-corrected chi connectivity index (χ3v) is 2.38. The van der Waals surface area contributed by atoms with E-state index in [0.717, 1.165) is 5.56 Å². The fraction of sp³-hybridized carbons (Fsp3) is 0. The van der Waals surface area contributed by atoms with Crippen LogP contribution in [0.15, 0.2) is 40.9 Å². The van der Waals surface area contributed by atoms with Crippen molar-refractivity contribution in [3.05, 3.63) is 41.3 Å². The lowest BCUT2D eigenvalue weighted by Gasteiger charge is -1.89. The predicted molar refractivity (Wildman–Crippen MR) is 62.1 cm³/mol. The van der Waals surface area contributed by atoms with Gasteiger partial charge in [-0.3, -0.25) is 0 Å². The first-order valence-electron chi connectivity index (χ1n) is 4.41. The smallest absolute Gasteiger partial charge is 0.216 e. The summed E-state index contributed by atoms with van der Waals surface area (Å²) in [6.45, 7) is 0. The Morgan fingerprint density at radius 2 is 2.07 bits per heavy atom. The van der Waals surface area contributed by atoms with Crippen molar-refractivity contribution in [1.29, 1.82) is 0 Å². The van der Waals surface area contributed by atoms with Crippen molar-refractivity contribution in [1.82, 2.24) is 15.2 Å². The minimum atomic E-state index is 0.339. The molecule has 2 aromatic rings. The Kier molecular flexibility index (Phi) is 3.04. The highest BCUT2D eigenvalue weighted by atomic mass is 32.2. The van der Waals surface area contributed by atoms with Crippen LogP contribution in [0, 0.1) is 0 Å². The highest BCUT2D eigenvalue weighted by Gasteiger charge is 1.96. The molecule has 0 spiro atoms. The van der Waals surface area contributed by atoms with Crippen LogP contribution in [0.2, 0.25) is 0 Å². The zero-order chi connectivity index (χ0) is 10.5. The number of nitrogens with zero attached hydrogens (tertiary/aromatic N) is 2. The molecule has 0 aliphatic rings. The molecule has 0 saturated heterocycles. The van der Waals surface area contributed by atoms with Gasteiger partial charge in [-0.1, -0.05) is 42.1 Å². The third kappa shape index (κ3) is 2.85. The van der Waals surface area contributed by atoms with Gasteiger partial charge in [-0.25, -0.2) is 5.10 Å². The van der Waals surface area contributed by atoms with Gasteiger partial charge in [0.05, 0.1) is 0 Å². The first-order valence-corrected chi connectivity index (χ1v) is 5.29. The van der Waals surface area contributed by atoms with E-state index in [2.05, 4.69) is 15.2 Å². The Hall–Kier alpha value is -1.75. The van der Waals surface area contributed by atoms with E-state index in [9.17, 15) is 0 Å². The molecule has 0 fully saturated rings. The molecule has 1 aromatic carbocycles. The van der Waals surface area contributed by atoms with Crippen molar-refractivity contribution in [2.75, 3.05) is 5.73 Å². The summed E-state index contributed by atoms with van der Waals surface area (Å²) in [5.41, 5.74) is 6.54. The van der Waals surface area contributed by atoms with Crippen molar-refractivity contribution in [2.45, 2.75) is 5.16 Å². The van der Waals surface area contributed by atoms with Crippen molar-refractivity contribution in [3.63, 3.8) is 0 Å². The van der Waals surface area contributed by atoms with Gasteiger partial charge < -0.3 is 5.73 Å². The molecule has 5 heteroatoms. The fourth-order valence-electron chi connectivity index (χ4n) is 1.05. The lowest BCUT2D eigenvalue weighted by Crippen LogP contribution is -1.84. The van der Waals surface area contributed by atoms with Crippen LogP contribution >= 0.6 is 11.8 Å². The number of anilines is 1. The molecule has 15 heavy (non-hydrogen) atoms. The topological polar surface area (TPSA) is 67.6 Å². The molecule has 2 rings (SSSR count). The zero-order valence-corrected chi connectivity index (χ0v) is 8.74. The van der Waals surface area contributed by atoms with Crippen molar-refractivity contribution < 1.29 is 0 Å². The number of thioether (sulfide) groups is 1. The minimum absolute atomic E-state index is 0.339. The summed E-state index contributed by atoms with van der Waals surface area (Å²) in [5.74, 6) is 0.339. The first-order chi connectivity index (χ1) is 7.34. The van der Waals surface area contributed by atoms with Crippen LogP contribution in [0.4, 0.5) is 5.95 Å². The fourth-order valence-corrected chi connectivity index (χ4v) is 1.64. The molecule has 0 unspecified atom stereocenters. The summed E-state index contributed by atoms with van der Waals surface area (Å²) in [6.07, 6.45) is 2.00. The maximum absolute atomic E-state index is 5.39. The summed E-state index contributed by atoms with van der Waals surface area (Å²) >= 11 is 1.42. The van der Waals surface area contributed by atoms with Gasteiger partial charge in [0, 0.05) is 0 Å². The van der Waals surface area contributed by atoms with E-state index in [-0.39, 0.29) is 0 Å². The lowest BCUT2D eigenvalue weighted by atomic mass is 10.2. The van der Waals surface area contributed by atoms with Crippen LogP contribution in [-0.4, -0.2) is 15.2 Å². The van der Waals surface area contributed by atoms with Gasteiger partial charge in [0.1, 0.15) is 0 Å². The predicted octanol–water partition coefficient (Wildman–Crippen LogP) is 2.15. The second-order valence-electron chi connectivity index (χ2n) is 2.83. The Morgan fingerprint density at radius 3 is 2.73 bits per heavy atom. The summed E-state index contributed by atoms with van der Waals surface area (Å²) in [4.78, 5) is 3.96. The highest BCUT2D eigenvalue weighted by Crippen LogP contribution is 2.15. The van der Waals surface area contributed by atoms with Gasteiger partial charge in [0.2, 0.25) is 11.1 Å². The Morgan fingerprint density at radius 1 is 1.27 bits per heavy atom. The molecule has 1 heterocycles. The molecule has 0 atom stereocenters. The molecule has 0 bridgehead atoms. The number of H-pyrrole nitrogens is 1. The largest absolute Gasteiger partial charge is 0.368 e. The van der Waals surface area contributed by atoms with Gasteiger partial charge in [-0.15, -0.1) is 5.10 Å². The molecule has 0 amide bonds. The average Bonchev–Trinajstić information content (AvgIpc) is 2.66. The zero-order valence-electron chi connectivity index (χ0n) is 7.92. The van der Waals surface area contributed by atoms with Crippen LogP contribution in [0.25, 0.3) is 6.08 Å². The molecule has 76 valence electrons. The van der Waals surface area contributed by atoms with E-state index in [1.807, 2.05) is 41.8 Å². The first kappa shape index (κ1) is 9.79. The molecule has 3 N–H and O–H groups in total. The van der Waals surface area contributed by atoms with E-state index in [4.69, 9.17) is 5.73 Å². The Bertz CT molecular complexity index is 449. The molecular formula is C10H10N4S. The molecule has 4 nitrogen and oxygen atoms in total. The average molecular weight is 218 g/mol. The van der Waals surface area contributed by atoms with Crippen LogP contribution in [0.3, 0.4) is 0 Å². The van der Waals surface area contributed by atoms with E-state index >= 15 is 0 Å². The SMILES string of the molecule is Nc1nc(SC=Cc2ccccc2)n[nH]1. The van der Waals surface area contributed by atoms with Crippen LogP contribution in [-0.2, 0) is 0 Å². The van der Waals surface area contributed by atoms with Gasteiger partial charge in [-0.05, 0) is 17.0 Å². The van der Waals surface area contributed by atoms with Gasteiger partial charge in [-0.2, -0.15) is 4.98 Å². The molecule has 0 aliphatic heterocycles. The number of benzene rings is 1. The van der Waals surface area contributed by atoms with Gasteiger partial charge in [0.15, 0.2) is 0 Å². The standard InChI is InChI=1S/C10H10N4S/c11-9-12-10(14-13-9)15-7-6-8-4-2-1-3-5-8/h1-7H,(H3,11,12,13,14). The maximum Gasteiger partial charge on any atom is 0.216 e. The van der Waals surface area contributed by atoms with Crippen LogP contribution < -0.4 is 5.73 Å². The Balaban J connectivity index is 1.96. The van der Waals surface area contributed by atoms with Crippen LogP contribution in [0.5, 0.6) is 0 Å². The highest BCUT2D eigenvalue weighted by molar-refractivity contribution is 8.02. The summed E-state index contributed by atoms with van der Waals surface area (Å²) in [6, 6.07) is 10.0. The molecule has 1 aromatic heterocycles. The number of aromatic nitrogens is 3. The van der Waals surface area contributed by atoms with E-state index < -0.39 is 0 Å². The third-order valence-electron chi connectivity index (χ3n) is 1.72.